The summed E-state index contributed by atoms with van der Waals surface area (Å²) in [7, 11) is 0. The Labute approximate surface area is 115 Å². The molecular weight excluding hydrogens is 238 g/mol. The Morgan fingerprint density at radius 3 is 2.53 bits per heavy atom. The van der Waals surface area contributed by atoms with Crippen LogP contribution >= 0.6 is 0 Å². The molecule has 0 spiro atoms. The van der Waals surface area contributed by atoms with E-state index in [4.69, 9.17) is 0 Å². The van der Waals surface area contributed by atoms with Crippen molar-refractivity contribution in [2.24, 2.45) is 0 Å². The molecule has 0 bridgehead atoms. The van der Waals surface area contributed by atoms with Gasteiger partial charge in [0.1, 0.15) is 0 Å². The van der Waals surface area contributed by atoms with Gasteiger partial charge >= 0.3 is 0 Å². The fourth-order valence-corrected chi connectivity index (χ4v) is 2.74. The maximum absolute atomic E-state index is 11.8. The van der Waals surface area contributed by atoms with E-state index >= 15 is 0 Å². The Kier molecular flexibility index (Phi) is 4.97. The fraction of sp³-hybridized carbons (Fsp3) is 0.562. The lowest BCUT2D eigenvalue weighted by Crippen LogP contribution is -2.38. The number of hydrogen-bond donors (Lipinski definition) is 2. The number of aliphatic hydroxyl groups is 1. The zero-order chi connectivity index (χ0) is 13.6. The van der Waals surface area contributed by atoms with Gasteiger partial charge in [-0.25, -0.2) is 0 Å². The van der Waals surface area contributed by atoms with Crippen LogP contribution < -0.4 is 5.32 Å². The second kappa shape index (κ2) is 6.71. The number of amides is 1. The molecule has 104 valence electrons. The molecule has 2 N–H and O–H groups in total. The molecule has 0 radical (unpaired) electrons. The minimum atomic E-state index is -0.755. The maximum atomic E-state index is 11.8. The van der Waals surface area contributed by atoms with E-state index in [0.29, 0.717) is 6.54 Å². The van der Waals surface area contributed by atoms with Crippen LogP contribution in [-0.2, 0) is 11.2 Å². The van der Waals surface area contributed by atoms with E-state index < -0.39 is 5.60 Å². The summed E-state index contributed by atoms with van der Waals surface area (Å²) >= 11 is 0. The van der Waals surface area contributed by atoms with Gasteiger partial charge in [-0.1, -0.05) is 49.6 Å². The summed E-state index contributed by atoms with van der Waals surface area (Å²) in [4.78, 5) is 11.8. The van der Waals surface area contributed by atoms with Gasteiger partial charge in [0.25, 0.3) is 0 Å². The van der Waals surface area contributed by atoms with Crippen LogP contribution in [0.2, 0.25) is 0 Å². The van der Waals surface area contributed by atoms with Crippen molar-refractivity contribution < 1.29 is 9.90 Å². The molecule has 0 atom stereocenters. The second-order valence-electron chi connectivity index (χ2n) is 5.55. The fourth-order valence-electron chi connectivity index (χ4n) is 2.74. The summed E-state index contributed by atoms with van der Waals surface area (Å²) < 4.78 is 0. The zero-order valence-electron chi connectivity index (χ0n) is 11.4. The first kappa shape index (κ1) is 14.1. The third-order valence-electron chi connectivity index (χ3n) is 3.85. The lowest BCUT2D eigenvalue weighted by atomic mass is 9.82. The molecule has 1 aliphatic carbocycles. The molecule has 0 aliphatic heterocycles. The molecule has 1 fully saturated rings. The third-order valence-corrected chi connectivity index (χ3v) is 3.85. The van der Waals surface area contributed by atoms with Crippen molar-refractivity contribution >= 4 is 5.91 Å². The van der Waals surface area contributed by atoms with Crippen molar-refractivity contribution in [2.45, 2.75) is 50.5 Å². The molecule has 1 aliphatic rings. The molecule has 1 amide bonds. The highest BCUT2D eigenvalue weighted by molar-refractivity contribution is 5.77. The Bertz CT molecular complexity index is 396. The van der Waals surface area contributed by atoms with Crippen molar-refractivity contribution in [1.82, 2.24) is 5.32 Å². The van der Waals surface area contributed by atoms with E-state index in [-0.39, 0.29) is 12.3 Å². The van der Waals surface area contributed by atoms with Gasteiger partial charge in [0, 0.05) is 6.54 Å². The standard InChI is InChI=1S/C16H23NO2/c18-15(13-16(19)10-5-2-6-11-16)17-12-9-14-7-3-1-4-8-14/h1,3-4,7-8,19H,2,5-6,9-13H2,(H,17,18). The number of nitrogens with one attached hydrogen (secondary N) is 1. The van der Waals surface area contributed by atoms with Gasteiger partial charge < -0.3 is 10.4 Å². The van der Waals surface area contributed by atoms with Gasteiger partial charge in [0.05, 0.1) is 12.0 Å². The van der Waals surface area contributed by atoms with Crippen molar-refractivity contribution in [3.8, 4) is 0 Å². The van der Waals surface area contributed by atoms with Crippen LogP contribution in [0.1, 0.15) is 44.1 Å². The Hall–Kier alpha value is -1.35. The number of benzene rings is 1. The van der Waals surface area contributed by atoms with Crippen LogP contribution in [0.3, 0.4) is 0 Å². The first-order valence-corrected chi connectivity index (χ1v) is 7.21. The van der Waals surface area contributed by atoms with E-state index in [9.17, 15) is 9.90 Å². The van der Waals surface area contributed by atoms with E-state index in [1.54, 1.807) is 0 Å². The molecule has 0 heterocycles. The first-order chi connectivity index (χ1) is 9.18. The second-order valence-corrected chi connectivity index (χ2v) is 5.55. The van der Waals surface area contributed by atoms with Crippen molar-refractivity contribution in [1.29, 1.82) is 0 Å². The van der Waals surface area contributed by atoms with Crippen LogP contribution in [0.15, 0.2) is 30.3 Å². The van der Waals surface area contributed by atoms with Gasteiger partial charge in [-0.2, -0.15) is 0 Å². The SMILES string of the molecule is O=C(CC1(O)CCCCC1)NCCc1ccccc1. The lowest BCUT2D eigenvalue weighted by molar-refractivity contribution is -0.127. The smallest absolute Gasteiger partial charge is 0.222 e. The Morgan fingerprint density at radius 1 is 1.16 bits per heavy atom. The highest BCUT2D eigenvalue weighted by atomic mass is 16.3. The monoisotopic (exact) mass is 261 g/mol. The van der Waals surface area contributed by atoms with E-state index in [0.717, 1.165) is 32.1 Å². The number of rotatable bonds is 5. The summed E-state index contributed by atoms with van der Waals surface area (Å²) in [6, 6.07) is 10.1. The summed E-state index contributed by atoms with van der Waals surface area (Å²) in [5.41, 5.74) is 0.467. The largest absolute Gasteiger partial charge is 0.389 e. The van der Waals surface area contributed by atoms with Crippen molar-refractivity contribution in [3.05, 3.63) is 35.9 Å². The molecule has 0 unspecified atom stereocenters. The molecular formula is C16H23NO2. The minimum Gasteiger partial charge on any atom is -0.389 e. The summed E-state index contributed by atoms with van der Waals surface area (Å²) in [5.74, 6) is -0.0275. The van der Waals surface area contributed by atoms with E-state index in [1.165, 1.54) is 12.0 Å². The van der Waals surface area contributed by atoms with Crippen LogP contribution in [0.5, 0.6) is 0 Å². The van der Waals surface area contributed by atoms with Gasteiger partial charge in [0.15, 0.2) is 0 Å². The molecule has 19 heavy (non-hydrogen) atoms. The Balaban J connectivity index is 1.70. The highest BCUT2D eigenvalue weighted by Crippen LogP contribution is 2.30. The van der Waals surface area contributed by atoms with Crippen molar-refractivity contribution in [3.63, 3.8) is 0 Å². The predicted octanol–water partition coefficient (Wildman–Crippen LogP) is 2.43. The topological polar surface area (TPSA) is 49.3 Å². The van der Waals surface area contributed by atoms with Crippen LogP contribution in [0, 0.1) is 0 Å². The molecule has 3 heteroatoms. The molecule has 2 rings (SSSR count). The quantitative estimate of drug-likeness (QED) is 0.855. The first-order valence-electron chi connectivity index (χ1n) is 7.21. The number of carbonyl (C=O) groups excluding carboxylic acids is 1. The average Bonchev–Trinajstić information content (AvgIpc) is 2.40. The summed E-state index contributed by atoms with van der Waals surface area (Å²) in [6.07, 6.45) is 5.87. The van der Waals surface area contributed by atoms with Gasteiger partial charge in [-0.15, -0.1) is 0 Å². The zero-order valence-corrected chi connectivity index (χ0v) is 11.4. The number of carbonyl (C=O) groups is 1. The van der Waals surface area contributed by atoms with Crippen LogP contribution in [-0.4, -0.2) is 23.2 Å². The Morgan fingerprint density at radius 2 is 1.84 bits per heavy atom. The van der Waals surface area contributed by atoms with Crippen molar-refractivity contribution in [2.75, 3.05) is 6.54 Å². The molecule has 1 saturated carbocycles. The van der Waals surface area contributed by atoms with Crippen LogP contribution in [0.25, 0.3) is 0 Å². The van der Waals surface area contributed by atoms with E-state index in [1.807, 2.05) is 18.2 Å². The minimum absolute atomic E-state index is 0.0275. The van der Waals surface area contributed by atoms with Gasteiger partial charge in [-0.3, -0.25) is 4.79 Å². The molecule has 0 saturated heterocycles. The summed E-state index contributed by atoms with van der Waals surface area (Å²) in [5, 5.41) is 13.2. The number of hydrogen-bond acceptors (Lipinski definition) is 2. The molecule has 0 aromatic heterocycles. The molecule has 1 aromatic carbocycles. The normalized spacial score (nSPS) is 17.9. The molecule has 1 aromatic rings. The average molecular weight is 261 g/mol. The van der Waals surface area contributed by atoms with E-state index in [2.05, 4.69) is 17.4 Å². The lowest BCUT2D eigenvalue weighted by Gasteiger charge is -2.31. The summed E-state index contributed by atoms with van der Waals surface area (Å²) in [6.45, 7) is 0.638. The predicted molar refractivity (Wildman–Crippen MR) is 75.8 cm³/mol. The third kappa shape index (κ3) is 4.67. The maximum Gasteiger partial charge on any atom is 0.222 e. The van der Waals surface area contributed by atoms with Crippen LogP contribution in [0.4, 0.5) is 0 Å². The van der Waals surface area contributed by atoms with Gasteiger partial charge in [-0.05, 0) is 24.8 Å². The van der Waals surface area contributed by atoms with Gasteiger partial charge in [0.2, 0.25) is 5.91 Å². The molecule has 3 nitrogen and oxygen atoms in total. The highest BCUT2D eigenvalue weighted by Gasteiger charge is 2.31.